The number of sulfonamides is 1. The minimum atomic E-state index is -3.59. The van der Waals surface area contributed by atoms with Crippen LogP contribution >= 0.6 is 0 Å². The summed E-state index contributed by atoms with van der Waals surface area (Å²) in [6.45, 7) is 6.29. The van der Waals surface area contributed by atoms with Crippen molar-refractivity contribution in [1.29, 1.82) is 0 Å². The molecule has 1 fully saturated rings. The number of rotatable bonds is 5. The zero-order chi connectivity index (χ0) is 22.9. The van der Waals surface area contributed by atoms with Crippen LogP contribution in [0.1, 0.15) is 29.5 Å². The highest BCUT2D eigenvalue weighted by molar-refractivity contribution is 7.89. The highest BCUT2D eigenvalue weighted by Crippen LogP contribution is 2.29. The van der Waals surface area contributed by atoms with E-state index in [0.29, 0.717) is 36.5 Å². The number of benzene rings is 2. The molecule has 1 saturated heterocycles. The number of nitrogens with one attached hydrogen (secondary N) is 1. The smallest absolute Gasteiger partial charge is 0.243 e. The third-order valence-electron chi connectivity index (χ3n) is 5.85. The summed E-state index contributed by atoms with van der Waals surface area (Å²) in [5, 5.41) is 7.02. The fourth-order valence-corrected chi connectivity index (χ4v) is 6.23. The Morgan fingerprint density at radius 3 is 2.22 bits per heavy atom. The minimum Gasteiger partial charge on any atom is -0.326 e. The SMILES string of the molecule is Cc1cc(C)c(S(=O)(=O)N2CCC(C(=O)Nc3ccc(-n4cncn4)cc3)CC2)c(C)c1. The molecule has 0 radical (unpaired) electrons. The van der Waals surface area contributed by atoms with Gasteiger partial charge in [0, 0.05) is 24.7 Å². The quantitative estimate of drug-likeness (QED) is 0.640. The lowest BCUT2D eigenvalue weighted by atomic mass is 9.97. The third kappa shape index (κ3) is 4.44. The summed E-state index contributed by atoms with van der Waals surface area (Å²) in [5.74, 6) is -0.310. The molecule has 2 heterocycles. The van der Waals surface area contributed by atoms with Crippen LogP contribution in [0.25, 0.3) is 5.69 Å². The van der Waals surface area contributed by atoms with Gasteiger partial charge in [0.05, 0.1) is 10.6 Å². The van der Waals surface area contributed by atoms with Gasteiger partial charge in [-0.05, 0) is 69.0 Å². The fourth-order valence-electron chi connectivity index (χ4n) is 4.34. The number of piperidine rings is 1. The molecule has 1 aliphatic heterocycles. The van der Waals surface area contributed by atoms with Gasteiger partial charge in [-0.25, -0.2) is 18.1 Å². The van der Waals surface area contributed by atoms with Crippen molar-refractivity contribution in [3.63, 3.8) is 0 Å². The van der Waals surface area contributed by atoms with Gasteiger partial charge in [0.15, 0.2) is 0 Å². The van der Waals surface area contributed by atoms with Gasteiger partial charge in [0.25, 0.3) is 0 Å². The van der Waals surface area contributed by atoms with E-state index in [-0.39, 0.29) is 11.8 Å². The van der Waals surface area contributed by atoms with E-state index in [1.54, 1.807) is 11.0 Å². The maximum Gasteiger partial charge on any atom is 0.243 e. The van der Waals surface area contributed by atoms with E-state index in [1.807, 2.05) is 57.2 Å². The lowest BCUT2D eigenvalue weighted by Gasteiger charge is -2.31. The molecular weight excluding hydrogens is 426 g/mol. The van der Waals surface area contributed by atoms with Crippen LogP contribution < -0.4 is 5.32 Å². The summed E-state index contributed by atoms with van der Waals surface area (Å²) in [6.07, 6.45) is 4.05. The number of carbonyl (C=O) groups excluding carboxylic acids is 1. The lowest BCUT2D eigenvalue weighted by molar-refractivity contribution is -0.120. The molecule has 4 rings (SSSR count). The van der Waals surface area contributed by atoms with Crippen LogP contribution in [0, 0.1) is 26.7 Å². The van der Waals surface area contributed by atoms with Gasteiger partial charge < -0.3 is 5.32 Å². The second-order valence-corrected chi connectivity index (χ2v) is 10.2. The molecule has 0 aliphatic carbocycles. The molecule has 3 aromatic rings. The predicted molar refractivity (Wildman–Crippen MR) is 122 cm³/mol. The highest BCUT2D eigenvalue weighted by atomic mass is 32.2. The second kappa shape index (κ2) is 8.84. The highest BCUT2D eigenvalue weighted by Gasteiger charge is 2.33. The summed E-state index contributed by atoms with van der Waals surface area (Å²) >= 11 is 0. The molecule has 0 saturated carbocycles. The lowest BCUT2D eigenvalue weighted by Crippen LogP contribution is -2.41. The van der Waals surface area contributed by atoms with Crippen LogP contribution in [0.4, 0.5) is 5.69 Å². The maximum absolute atomic E-state index is 13.3. The summed E-state index contributed by atoms with van der Waals surface area (Å²) in [7, 11) is -3.59. The average Bonchev–Trinajstić information content (AvgIpc) is 3.28. The molecule has 0 bridgehead atoms. The average molecular weight is 454 g/mol. The van der Waals surface area contributed by atoms with Gasteiger partial charge in [0.1, 0.15) is 12.7 Å². The largest absolute Gasteiger partial charge is 0.326 e. The Hall–Kier alpha value is -3.04. The normalized spacial score (nSPS) is 15.6. The molecule has 32 heavy (non-hydrogen) atoms. The van der Waals surface area contributed by atoms with Crippen molar-refractivity contribution in [1.82, 2.24) is 19.1 Å². The van der Waals surface area contributed by atoms with E-state index in [9.17, 15) is 13.2 Å². The molecule has 1 N–H and O–H groups in total. The zero-order valence-corrected chi connectivity index (χ0v) is 19.3. The topological polar surface area (TPSA) is 97.2 Å². The van der Waals surface area contributed by atoms with Gasteiger partial charge in [-0.15, -0.1) is 0 Å². The van der Waals surface area contributed by atoms with E-state index in [4.69, 9.17) is 0 Å². The molecular formula is C23H27N5O3S. The van der Waals surface area contributed by atoms with Crippen LogP contribution in [0.5, 0.6) is 0 Å². The standard InChI is InChI=1S/C23H27N5O3S/c1-16-12-17(2)22(18(3)13-16)32(30,31)27-10-8-19(9-11-27)23(29)26-20-4-6-21(7-5-20)28-15-24-14-25-28/h4-7,12-15,19H,8-11H2,1-3H3,(H,26,29). The monoisotopic (exact) mass is 453 g/mol. The first-order chi connectivity index (χ1) is 15.3. The zero-order valence-electron chi connectivity index (χ0n) is 18.4. The van der Waals surface area contributed by atoms with Crippen molar-refractivity contribution in [2.45, 2.75) is 38.5 Å². The Balaban J connectivity index is 1.38. The first kappa shape index (κ1) is 22.2. The van der Waals surface area contributed by atoms with Gasteiger partial charge in [-0.1, -0.05) is 17.7 Å². The molecule has 0 atom stereocenters. The number of nitrogens with zero attached hydrogens (tertiary/aromatic N) is 4. The Labute approximate surface area is 188 Å². The van der Waals surface area contributed by atoms with Crippen LogP contribution in [0.3, 0.4) is 0 Å². The molecule has 8 nitrogen and oxygen atoms in total. The van der Waals surface area contributed by atoms with Crippen LogP contribution in [0.2, 0.25) is 0 Å². The fraction of sp³-hybridized carbons (Fsp3) is 0.348. The van der Waals surface area contributed by atoms with Crippen molar-refractivity contribution in [2.75, 3.05) is 18.4 Å². The predicted octanol–water partition coefficient (Wildman–Crippen LogP) is 3.23. The molecule has 0 spiro atoms. The van der Waals surface area contributed by atoms with E-state index in [2.05, 4.69) is 15.4 Å². The van der Waals surface area contributed by atoms with E-state index >= 15 is 0 Å². The number of aryl methyl sites for hydroxylation is 3. The molecule has 168 valence electrons. The van der Waals surface area contributed by atoms with Gasteiger partial charge >= 0.3 is 0 Å². The minimum absolute atomic E-state index is 0.0850. The van der Waals surface area contributed by atoms with Crippen molar-refractivity contribution < 1.29 is 13.2 Å². The van der Waals surface area contributed by atoms with Crippen molar-refractivity contribution in [2.24, 2.45) is 5.92 Å². The number of anilines is 1. The van der Waals surface area contributed by atoms with Crippen LogP contribution in [-0.4, -0.2) is 46.5 Å². The number of carbonyl (C=O) groups is 1. The summed E-state index contributed by atoms with van der Waals surface area (Å²) in [4.78, 5) is 17.1. The van der Waals surface area contributed by atoms with Gasteiger partial charge in [-0.2, -0.15) is 9.40 Å². The molecule has 1 aliphatic rings. The van der Waals surface area contributed by atoms with Crippen molar-refractivity contribution >= 4 is 21.6 Å². The van der Waals surface area contributed by atoms with Gasteiger partial charge in [-0.3, -0.25) is 4.79 Å². The van der Waals surface area contributed by atoms with Gasteiger partial charge in [0.2, 0.25) is 15.9 Å². The Kier molecular flexibility index (Phi) is 6.12. The van der Waals surface area contributed by atoms with Crippen molar-refractivity contribution in [3.8, 4) is 5.69 Å². The summed E-state index contributed by atoms with van der Waals surface area (Å²) in [6, 6.07) is 11.1. The molecule has 9 heteroatoms. The molecule has 2 aromatic carbocycles. The Morgan fingerprint density at radius 2 is 1.66 bits per heavy atom. The number of aromatic nitrogens is 3. The molecule has 0 unspecified atom stereocenters. The first-order valence-corrected chi connectivity index (χ1v) is 12.0. The molecule has 1 amide bonds. The van der Waals surface area contributed by atoms with Crippen LogP contribution in [-0.2, 0) is 14.8 Å². The summed E-state index contributed by atoms with van der Waals surface area (Å²) in [5.41, 5.74) is 4.11. The first-order valence-electron chi connectivity index (χ1n) is 10.6. The maximum atomic E-state index is 13.3. The number of hydrogen-bond acceptors (Lipinski definition) is 5. The molecule has 1 aromatic heterocycles. The number of amides is 1. The summed E-state index contributed by atoms with van der Waals surface area (Å²) < 4.78 is 29.6. The Morgan fingerprint density at radius 1 is 1.03 bits per heavy atom. The van der Waals surface area contributed by atoms with E-state index in [0.717, 1.165) is 22.4 Å². The van der Waals surface area contributed by atoms with E-state index < -0.39 is 10.0 Å². The third-order valence-corrected chi connectivity index (χ3v) is 8.05. The van der Waals surface area contributed by atoms with Crippen molar-refractivity contribution in [3.05, 3.63) is 65.7 Å². The Bertz CT molecular complexity index is 1190. The van der Waals surface area contributed by atoms with Crippen LogP contribution in [0.15, 0.2) is 53.9 Å². The second-order valence-electron chi connectivity index (χ2n) is 8.28. The van der Waals surface area contributed by atoms with E-state index in [1.165, 1.54) is 10.6 Å². The number of hydrogen-bond donors (Lipinski definition) is 1.